The van der Waals surface area contributed by atoms with Gasteiger partial charge in [-0.2, -0.15) is 0 Å². The summed E-state index contributed by atoms with van der Waals surface area (Å²) in [6.45, 7) is 1.78. The van der Waals surface area contributed by atoms with Crippen molar-refractivity contribution >= 4 is 17.0 Å². The molecule has 26 heavy (non-hydrogen) atoms. The molecule has 1 unspecified atom stereocenters. The number of pyridine rings is 1. The first-order chi connectivity index (χ1) is 12.5. The number of aliphatic hydroxyl groups is 1. The van der Waals surface area contributed by atoms with E-state index in [1.54, 1.807) is 37.3 Å². The number of fused-ring (bicyclic) bond motifs is 1. The quantitative estimate of drug-likeness (QED) is 0.592. The molecule has 3 aromatic rings. The third kappa shape index (κ3) is 4.46. The van der Waals surface area contributed by atoms with Gasteiger partial charge in [-0.05, 0) is 68.1 Å². The highest BCUT2D eigenvalue weighted by atomic mass is 19.1. The van der Waals surface area contributed by atoms with Crippen LogP contribution >= 0.6 is 0 Å². The number of allylic oxidation sites excluding steroid dienone is 1. The predicted octanol–water partition coefficient (Wildman–Crippen LogP) is 5.31. The van der Waals surface area contributed by atoms with Gasteiger partial charge in [0.05, 0.1) is 17.3 Å². The van der Waals surface area contributed by atoms with Gasteiger partial charge in [0.1, 0.15) is 11.6 Å². The molecular formula is C22H22FNO2. The van der Waals surface area contributed by atoms with Gasteiger partial charge in [-0.25, -0.2) is 9.37 Å². The Morgan fingerprint density at radius 3 is 2.73 bits per heavy atom. The summed E-state index contributed by atoms with van der Waals surface area (Å²) in [4.78, 5) is 4.49. The van der Waals surface area contributed by atoms with Crippen LogP contribution in [0, 0.1) is 5.82 Å². The lowest BCUT2D eigenvalue weighted by Crippen LogP contribution is -1.97. The highest BCUT2D eigenvalue weighted by Crippen LogP contribution is 2.26. The monoisotopic (exact) mass is 351 g/mol. The number of aliphatic hydroxyl groups excluding tert-OH is 1. The molecule has 0 bridgehead atoms. The molecule has 0 aliphatic heterocycles. The summed E-state index contributed by atoms with van der Waals surface area (Å²) < 4.78 is 14.5. The Morgan fingerprint density at radius 1 is 1.12 bits per heavy atom. The molecule has 1 aromatic heterocycles. The van der Waals surface area contributed by atoms with Crippen molar-refractivity contribution in [2.75, 3.05) is 0 Å². The van der Waals surface area contributed by atoms with Crippen molar-refractivity contribution in [3.8, 4) is 17.0 Å². The molecule has 0 fully saturated rings. The van der Waals surface area contributed by atoms with E-state index in [1.807, 2.05) is 24.3 Å². The van der Waals surface area contributed by atoms with Crippen molar-refractivity contribution in [1.82, 2.24) is 4.98 Å². The number of benzene rings is 2. The fourth-order valence-electron chi connectivity index (χ4n) is 2.86. The normalized spacial score (nSPS) is 12.7. The Hall–Kier alpha value is -2.72. The van der Waals surface area contributed by atoms with Crippen molar-refractivity contribution in [2.45, 2.75) is 32.3 Å². The van der Waals surface area contributed by atoms with Gasteiger partial charge in [0.25, 0.3) is 0 Å². The number of phenolic OH excluding ortho intramolecular Hbond substituents is 1. The van der Waals surface area contributed by atoms with Crippen molar-refractivity contribution in [1.29, 1.82) is 0 Å². The average molecular weight is 351 g/mol. The largest absolute Gasteiger partial charge is 0.508 e. The topological polar surface area (TPSA) is 53.4 Å². The highest BCUT2D eigenvalue weighted by Gasteiger charge is 2.08. The smallest absolute Gasteiger partial charge is 0.133 e. The maximum atomic E-state index is 14.5. The van der Waals surface area contributed by atoms with Crippen LogP contribution in [0.5, 0.6) is 5.75 Å². The number of rotatable bonds is 6. The molecule has 0 aliphatic rings. The molecule has 0 amide bonds. The molecular weight excluding hydrogens is 329 g/mol. The minimum absolute atomic E-state index is 0.183. The lowest BCUT2D eigenvalue weighted by atomic mass is 10.1. The van der Waals surface area contributed by atoms with E-state index in [0.29, 0.717) is 16.8 Å². The Kier molecular flexibility index (Phi) is 5.64. The first-order valence-electron chi connectivity index (χ1n) is 8.77. The second kappa shape index (κ2) is 8.11. The summed E-state index contributed by atoms with van der Waals surface area (Å²) in [7, 11) is 0. The summed E-state index contributed by atoms with van der Waals surface area (Å²) in [5.74, 6) is -0.135. The van der Waals surface area contributed by atoms with Crippen molar-refractivity contribution in [3.63, 3.8) is 0 Å². The van der Waals surface area contributed by atoms with Gasteiger partial charge in [-0.15, -0.1) is 0 Å². The van der Waals surface area contributed by atoms with Gasteiger partial charge in [0, 0.05) is 10.9 Å². The molecule has 1 heterocycles. The Labute approximate surface area is 152 Å². The lowest BCUT2D eigenvalue weighted by molar-refractivity contribution is 0.182. The van der Waals surface area contributed by atoms with Gasteiger partial charge >= 0.3 is 0 Å². The van der Waals surface area contributed by atoms with Crippen LogP contribution < -0.4 is 0 Å². The maximum absolute atomic E-state index is 14.5. The number of halogens is 1. The summed E-state index contributed by atoms with van der Waals surface area (Å²) in [6.07, 6.45) is 6.14. The Balaban J connectivity index is 1.77. The van der Waals surface area contributed by atoms with Crippen LogP contribution in [0.2, 0.25) is 0 Å². The van der Waals surface area contributed by atoms with Gasteiger partial charge in [-0.1, -0.05) is 24.3 Å². The molecule has 4 heteroatoms. The number of unbranched alkanes of at least 4 members (excludes halogenated alkanes) is 1. The third-order valence-corrected chi connectivity index (χ3v) is 4.24. The van der Waals surface area contributed by atoms with Crippen molar-refractivity contribution < 1.29 is 14.6 Å². The minimum atomic E-state index is -0.318. The second-order valence-electron chi connectivity index (χ2n) is 6.50. The van der Waals surface area contributed by atoms with E-state index in [4.69, 9.17) is 0 Å². The summed E-state index contributed by atoms with van der Waals surface area (Å²) in [5, 5.41) is 19.6. The van der Waals surface area contributed by atoms with Crippen molar-refractivity contribution in [3.05, 3.63) is 66.0 Å². The third-order valence-electron chi connectivity index (χ3n) is 4.24. The molecule has 0 saturated heterocycles. The second-order valence-corrected chi connectivity index (χ2v) is 6.50. The van der Waals surface area contributed by atoms with Crippen LogP contribution in [0.4, 0.5) is 4.39 Å². The van der Waals surface area contributed by atoms with E-state index in [0.717, 1.165) is 30.2 Å². The summed E-state index contributed by atoms with van der Waals surface area (Å²) in [6, 6.07) is 13.6. The fourth-order valence-corrected chi connectivity index (χ4v) is 2.86. The standard InChI is InChI=1S/C22H22FNO2/c1-15(25)5-3-2-4-6-16-7-10-19(20(23)13-16)22-11-8-17-14-18(26)9-12-21(17)24-22/h4,6-15,25-26H,2-3,5H2,1H3. The van der Waals surface area contributed by atoms with Gasteiger partial charge in [-0.3, -0.25) is 0 Å². The van der Waals surface area contributed by atoms with Crippen LogP contribution in [0.15, 0.2) is 54.6 Å². The first kappa shape index (κ1) is 18.1. The molecule has 134 valence electrons. The zero-order chi connectivity index (χ0) is 18.5. The van der Waals surface area contributed by atoms with Crippen LogP contribution in [0.1, 0.15) is 31.7 Å². The molecule has 0 radical (unpaired) electrons. The fraction of sp³-hybridized carbons (Fsp3) is 0.227. The highest BCUT2D eigenvalue weighted by molar-refractivity contribution is 5.83. The minimum Gasteiger partial charge on any atom is -0.508 e. The molecule has 2 N–H and O–H groups in total. The molecule has 2 aromatic carbocycles. The van der Waals surface area contributed by atoms with E-state index in [-0.39, 0.29) is 17.7 Å². The number of aromatic hydroxyl groups is 1. The van der Waals surface area contributed by atoms with Gasteiger partial charge in [0.2, 0.25) is 0 Å². The number of nitrogens with zero attached hydrogens (tertiary/aromatic N) is 1. The Morgan fingerprint density at radius 2 is 1.96 bits per heavy atom. The molecule has 0 saturated carbocycles. The van der Waals surface area contributed by atoms with E-state index < -0.39 is 0 Å². The zero-order valence-electron chi connectivity index (χ0n) is 14.7. The first-order valence-corrected chi connectivity index (χ1v) is 8.77. The van der Waals surface area contributed by atoms with E-state index in [1.165, 1.54) is 6.07 Å². The SMILES string of the molecule is CC(O)CCCC=Cc1ccc(-c2ccc3cc(O)ccc3n2)c(F)c1. The number of aromatic nitrogens is 1. The molecule has 0 aliphatic carbocycles. The predicted molar refractivity (Wildman–Crippen MR) is 103 cm³/mol. The molecule has 0 spiro atoms. The molecule has 3 nitrogen and oxygen atoms in total. The lowest BCUT2D eigenvalue weighted by Gasteiger charge is -2.06. The van der Waals surface area contributed by atoms with Crippen molar-refractivity contribution in [2.24, 2.45) is 0 Å². The maximum Gasteiger partial charge on any atom is 0.133 e. The number of hydrogen-bond donors (Lipinski definition) is 2. The van der Waals surface area contributed by atoms with Crippen LogP contribution in [0.25, 0.3) is 28.2 Å². The number of hydrogen-bond acceptors (Lipinski definition) is 3. The van der Waals surface area contributed by atoms with Crippen LogP contribution in [0.3, 0.4) is 0 Å². The Bertz CT molecular complexity index is 935. The van der Waals surface area contributed by atoms with Crippen LogP contribution in [-0.2, 0) is 0 Å². The summed E-state index contributed by atoms with van der Waals surface area (Å²) >= 11 is 0. The van der Waals surface area contributed by atoms with E-state index in [2.05, 4.69) is 4.98 Å². The van der Waals surface area contributed by atoms with E-state index >= 15 is 0 Å². The number of phenols is 1. The molecule has 1 atom stereocenters. The zero-order valence-corrected chi connectivity index (χ0v) is 14.7. The van der Waals surface area contributed by atoms with Crippen LogP contribution in [-0.4, -0.2) is 21.3 Å². The summed E-state index contributed by atoms with van der Waals surface area (Å²) in [5.41, 5.74) is 2.52. The molecule has 3 rings (SSSR count). The van der Waals surface area contributed by atoms with Gasteiger partial charge in [0.15, 0.2) is 0 Å². The van der Waals surface area contributed by atoms with E-state index in [9.17, 15) is 14.6 Å². The van der Waals surface area contributed by atoms with Gasteiger partial charge < -0.3 is 10.2 Å². The average Bonchev–Trinajstić information content (AvgIpc) is 2.61.